The van der Waals surface area contributed by atoms with Gasteiger partial charge >= 0.3 is 0 Å². The quantitative estimate of drug-likeness (QED) is 0.825. The highest BCUT2D eigenvalue weighted by Gasteiger charge is 2.37. The molecular weight excluding hydrogens is 345 g/mol. The third-order valence-corrected chi connectivity index (χ3v) is 6.64. The molecule has 132 valence electrons. The molecule has 1 fully saturated rings. The predicted octanol–water partition coefficient (Wildman–Crippen LogP) is 1.35. The normalized spacial score (nSPS) is 21.5. The fourth-order valence-electron chi connectivity index (χ4n) is 3.51. The number of fused-ring (bicyclic) bond motifs is 1. The van der Waals surface area contributed by atoms with Crippen LogP contribution in [0.2, 0.25) is 0 Å². The summed E-state index contributed by atoms with van der Waals surface area (Å²) in [6.45, 7) is 1.41. The van der Waals surface area contributed by atoms with Crippen molar-refractivity contribution in [2.45, 2.75) is 26.1 Å². The van der Waals surface area contributed by atoms with Crippen molar-refractivity contribution in [2.24, 2.45) is 5.92 Å². The van der Waals surface area contributed by atoms with Gasteiger partial charge in [0.15, 0.2) is 9.84 Å². The van der Waals surface area contributed by atoms with Gasteiger partial charge in [-0.25, -0.2) is 12.8 Å². The molecule has 0 saturated carbocycles. The summed E-state index contributed by atoms with van der Waals surface area (Å²) in [5.41, 5.74) is 2.87. The number of halogens is 1. The third kappa shape index (κ3) is 3.18. The Hall–Kier alpha value is -2.22. The first-order valence-electron chi connectivity index (χ1n) is 8.18. The number of amides is 1. The summed E-state index contributed by atoms with van der Waals surface area (Å²) in [4.78, 5) is 14.3. The monoisotopic (exact) mass is 363 g/mol. The van der Waals surface area contributed by atoms with Crippen LogP contribution in [-0.2, 0) is 34.3 Å². The van der Waals surface area contributed by atoms with Crippen LogP contribution < -0.4 is 0 Å². The number of rotatable bonds is 3. The summed E-state index contributed by atoms with van der Waals surface area (Å²) in [6, 6.07) is 6.25. The van der Waals surface area contributed by atoms with Gasteiger partial charge in [-0.1, -0.05) is 12.1 Å². The van der Waals surface area contributed by atoms with Crippen molar-refractivity contribution in [3.8, 4) is 0 Å². The number of hydrogen-bond acceptors (Lipinski definition) is 4. The van der Waals surface area contributed by atoms with E-state index in [9.17, 15) is 17.6 Å². The van der Waals surface area contributed by atoms with E-state index in [1.54, 1.807) is 23.2 Å². The van der Waals surface area contributed by atoms with Gasteiger partial charge in [-0.2, -0.15) is 5.10 Å². The zero-order valence-corrected chi connectivity index (χ0v) is 14.4. The van der Waals surface area contributed by atoms with Crippen molar-refractivity contribution in [2.75, 3.05) is 11.5 Å². The molecule has 1 amide bonds. The van der Waals surface area contributed by atoms with E-state index in [1.165, 1.54) is 12.1 Å². The lowest BCUT2D eigenvalue weighted by molar-refractivity contribution is -0.135. The van der Waals surface area contributed by atoms with Crippen molar-refractivity contribution in [3.63, 3.8) is 0 Å². The molecule has 0 N–H and O–H groups in total. The highest BCUT2D eigenvalue weighted by Crippen LogP contribution is 2.28. The van der Waals surface area contributed by atoms with Crippen molar-refractivity contribution in [3.05, 3.63) is 53.1 Å². The summed E-state index contributed by atoms with van der Waals surface area (Å²) in [5, 5.41) is 4.36. The number of nitrogens with zero attached hydrogens (tertiary/aromatic N) is 3. The lowest BCUT2D eigenvalue weighted by Gasteiger charge is -2.19. The van der Waals surface area contributed by atoms with Crippen molar-refractivity contribution >= 4 is 15.7 Å². The molecule has 1 atom stereocenters. The molecule has 3 heterocycles. The van der Waals surface area contributed by atoms with E-state index in [0.717, 1.165) is 16.8 Å². The fraction of sp³-hybridized carbons (Fsp3) is 0.412. The van der Waals surface area contributed by atoms with E-state index in [0.29, 0.717) is 26.1 Å². The molecule has 0 unspecified atom stereocenters. The van der Waals surface area contributed by atoms with Gasteiger partial charge in [0.05, 0.1) is 42.4 Å². The molecule has 2 aliphatic heterocycles. The van der Waals surface area contributed by atoms with Gasteiger partial charge in [-0.05, 0) is 24.1 Å². The minimum Gasteiger partial charge on any atom is -0.332 e. The van der Waals surface area contributed by atoms with Crippen LogP contribution in [0.1, 0.15) is 23.2 Å². The van der Waals surface area contributed by atoms with Crippen LogP contribution in [0.3, 0.4) is 0 Å². The Morgan fingerprint density at radius 2 is 2.00 bits per heavy atom. The Morgan fingerprint density at radius 3 is 2.68 bits per heavy atom. The van der Waals surface area contributed by atoms with Gasteiger partial charge in [0.2, 0.25) is 5.91 Å². The number of benzene rings is 1. The first-order chi connectivity index (χ1) is 11.9. The zero-order valence-electron chi connectivity index (χ0n) is 13.6. The van der Waals surface area contributed by atoms with Gasteiger partial charge in [-0.15, -0.1) is 0 Å². The molecule has 1 aromatic heterocycles. The highest BCUT2D eigenvalue weighted by atomic mass is 32.2. The van der Waals surface area contributed by atoms with Gasteiger partial charge in [0.25, 0.3) is 0 Å². The van der Waals surface area contributed by atoms with Gasteiger partial charge in [-0.3, -0.25) is 9.48 Å². The minimum atomic E-state index is -3.07. The average Bonchev–Trinajstić information content (AvgIpc) is 3.24. The van der Waals surface area contributed by atoms with Crippen molar-refractivity contribution < 1.29 is 17.6 Å². The number of hydrogen-bond donors (Lipinski definition) is 0. The van der Waals surface area contributed by atoms with E-state index in [1.807, 2.05) is 4.68 Å². The molecule has 1 saturated heterocycles. The van der Waals surface area contributed by atoms with Crippen LogP contribution in [0, 0.1) is 11.7 Å². The number of sulfone groups is 1. The molecule has 2 aliphatic rings. The molecule has 0 aliphatic carbocycles. The molecular formula is C17H18FN3O3S. The topological polar surface area (TPSA) is 72.3 Å². The summed E-state index contributed by atoms with van der Waals surface area (Å²) in [5.74, 6) is -0.737. The van der Waals surface area contributed by atoms with E-state index in [2.05, 4.69) is 5.10 Å². The van der Waals surface area contributed by atoms with Crippen LogP contribution in [0.25, 0.3) is 0 Å². The Morgan fingerprint density at radius 1 is 1.24 bits per heavy atom. The fourth-order valence-corrected chi connectivity index (χ4v) is 5.24. The van der Waals surface area contributed by atoms with E-state index in [-0.39, 0.29) is 23.2 Å². The van der Waals surface area contributed by atoms with Crippen LogP contribution in [-0.4, -0.2) is 40.5 Å². The smallest absolute Gasteiger partial charge is 0.227 e. The van der Waals surface area contributed by atoms with Crippen LogP contribution >= 0.6 is 0 Å². The molecule has 0 radical (unpaired) electrons. The molecule has 0 bridgehead atoms. The van der Waals surface area contributed by atoms with Gasteiger partial charge in [0.1, 0.15) is 5.82 Å². The highest BCUT2D eigenvalue weighted by molar-refractivity contribution is 7.91. The molecule has 2 aromatic rings. The summed E-state index contributed by atoms with van der Waals surface area (Å²) < 4.78 is 38.0. The summed E-state index contributed by atoms with van der Waals surface area (Å²) in [7, 11) is -3.07. The molecule has 25 heavy (non-hydrogen) atoms. The van der Waals surface area contributed by atoms with Gasteiger partial charge in [0, 0.05) is 12.1 Å². The second-order valence-corrected chi connectivity index (χ2v) is 8.92. The standard InChI is InChI=1S/C17H18FN3O3S/c18-15-3-1-12(2-4-15)8-21-16-10-20(9-14(16)7-19-21)17(22)13-5-6-25(23,24)11-13/h1-4,7,13H,5-6,8-11H2/t13-/m0/s1. The maximum absolute atomic E-state index is 13.0. The molecule has 8 heteroatoms. The van der Waals surface area contributed by atoms with E-state index >= 15 is 0 Å². The van der Waals surface area contributed by atoms with Gasteiger partial charge < -0.3 is 4.90 Å². The minimum absolute atomic E-state index is 0.0413. The number of carbonyl (C=O) groups is 1. The largest absolute Gasteiger partial charge is 0.332 e. The molecule has 4 rings (SSSR count). The second kappa shape index (κ2) is 5.94. The van der Waals surface area contributed by atoms with Crippen LogP contribution in [0.4, 0.5) is 4.39 Å². The Kier molecular flexibility index (Phi) is 3.87. The molecule has 6 nitrogen and oxygen atoms in total. The van der Waals surface area contributed by atoms with E-state index in [4.69, 9.17) is 0 Å². The predicted molar refractivity (Wildman–Crippen MR) is 88.7 cm³/mol. The molecule has 1 aromatic carbocycles. The Labute approximate surface area is 145 Å². The maximum atomic E-state index is 13.0. The van der Waals surface area contributed by atoms with Crippen molar-refractivity contribution in [1.82, 2.24) is 14.7 Å². The van der Waals surface area contributed by atoms with Crippen LogP contribution in [0.15, 0.2) is 30.5 Å². The Balaban J connectivity index is 1.47. The lowest BCUT2D eigenvalue weighted by Crippen LogP contribution is -2.33. The van der Waals surface area contributed by atoms with Crippen molar-refractivity contribution in [1.29, 1.82) is 0 Å². The third-order valence-electron chi connectivity index (χ3n) is 4.88. The zero-order chi connectivity index (χ0) is 17.6. The van der Waals surface area contributed by atoms with E-state index < -0.39 is 15.8 Å². The Bertz CT molecular complexity index is 921. The van der Waals surface area contributed by atoms with Crippen LogP contribution in [0.5, 0.6) is 0 Å². The first-order valence-corrected chi connectivity index (χ1v) is 10.0. The summed E-state index contributed by atoms with van der Waals surface area (Å²) >= 11 is 0. The number of aromatic nitrogens is 2. The second-order valence-electron chi connectivity index (χ2n) is 6.69. The SMILES string of the molecule is O=C([C@H]1CCS(=O)(=O)C1)N1Cc2cnn(Cc3ccc(F)cc3)c2C1. The summed E-state index contributed by atoms with van der Waals surface area (Å²) in [6.07, 6.45) is 2.16. The molecule has 0 spiro atoms. The maximum Gasteiger partial charge on any atom is 0.227 e. The number of carbonyl (C=O) groups excluding carboxylic acids is 1. The average molecular weight is 363 g/mol. The first kappa shape index (κ1) is 16.3. The lowest BCUT2D eigenvalue weighted by atomic mass is 10.1.